The van der Waals surface area contributed by atoms with Gasteiger partial charge in [-0.15, -0.1) is 0 Å². The molecule has 8 nitrogen and oxygen atoms in total. The summed E-state index contributed by atoms with van der Waals surface area (Å²) in [6.45, 7) is 11.9. The van der Waals surface area contributed by atoms with E-state index in [2.05, 4.69) is 62.4 Å². The average Bonchev–Trinajstić information content (AvgIpc) is 3.43. The molecule has 1 aromatic carbocycles. The maximum atomic E-state index is 12.0. The maximum absolute atomic E-state index is 12.0. The number of amides is 1. The SMILES string of the molecule is CC(=O)N1CCC(c2c(-c3ccc(N4CCN(C(C)C)CC4)cc3)c3c(N)ncnc3n2C)C1. The van der Waals surface area contributed by atoms with Crippen molar-refractivity contribution in [2.45, 2.75) is 39.2 Å². The van der Waals surface area contributed by atoms with Gasteiger partial charge in [0.1, 0.15) is 17.8 Å². The van der Waals surface area contributed by atoms with Crippen LogP contribution in [0.4, 0.5) is 11.5 Å². The molecule has 2 aliphatic rings. The number of carbonyl (C=O) groups excluding carboxylic acids is 1. The van der Waals surface area contributed by atoms with E-state index in [9.17, 15) is 4.79 Å². The summed E-state index contributed by atoms with van der Waals surface area (Å²) in [6.07, 6.45) is 2.46. The van der Waals surface area contributed by atoms with E-state index >= 15 is 0 Å². The van der Waals surface area contributed by atoms with Gasteiger partial charge in [0.25, 0.3) is 0 Å². The largest absolute Gasteiger partial charge is 0.383 e. The summed E-state index contributed by atoms with van der Waals surface area (Å²) in [5.41, 5.74) is 11.9. The summed E-state index contributed by atoms with van der Waals surface area (Å²) in [5.74, 6) is 0.863. The highest BCUT2D eigenvalue weighted by molar-refractivity contribution is 6.02. The molecule has 0 aliphatic carbocycles. The van der Waals surface area contributed by atoms with E-state index in [4.69, 9.17) is 5.73 Å². The number of rotatable bonds is 4. The van der Waals surface area contributed by atoms with Crippen LogP contribution in [0.5, 0.6) is 0 Å². The lowest BCUT2D eigenvalue weighted by Crippen LogP contribution is -2.48. The third-order valence-corrected chi connectivity index (χ3v) is 7.63. The zero-order valence-electron chi connectivity index (χ0n) is 20.7. The number of nitrogens with two attached hydrogens (primary N) is 1. The van der Waals surface area contributed by atoms with Gasteiger partial charge >= 0.3 is 0 Å². The molecule has 0 radical (unpaired) electrons. The van der Waals surface area contributed by atoms with Crippen molar-refractivity contribution in [3.05, 3.63) is 36.3 Å². The molecule has 2 aliphatic heterocycles. The van der Waals surface area contributed by atoms with Gasteiger partial charge in [0.15, 0.2) is 0 Å². The molecular formula is C26H35N7O. The molecular weight excluding hydrogens is 426 g/mol. The van der Waals surface area contributed by atoms with E-state index in [1.54, 1.807) is 6.92 Å². The Hall–Kier alpha value is -3.13. The Morgan fingerprint density at radius 2 is 1.76 bits per heavy atom. The molecule has 34 heavy (non-hydrogen) atoms. The molecule has 5 rings (SSSR count). The summed E-state index contributed by atoms with van der Waals surface area (Å²) >= 11 is 0. The molecule has 8 heteroatoms. The second-order valence-electron chi connectivity index (χ2n) is 9.89. The van der Waals surface area contributed by atoms with Crippen LogP contribution in [-0.2, 0) is 11.8 Å². The van der Waals surface area contributed by atoms with Gasteiger partial charge in [-0.3, -0.25) is 9.69 Å². The number of nitrogen functional groups attached to an aromatic ring is 1. The number of hydrogen-bond donors (Lipinski definition) is 1. The zero-order chi connectivity index (χ0) is 24.0. The molecule has 2 N–H and O–H groups in total. The Balaban J connectivity index is 1.51. The highest BCUT2D eigenvalue weighted by Gasteiger charge is 2.32. The second kappa shape index (κ2) is 8.91. The van der Waals surface area contributed by atoms with Crippen LogP contribution < -0.4 is 10.6 Å². The molecule has 180 valence electrons. The number of aromatic nitrogens is 3. The van der Waals surface area contributed by atoms with Gasteiger partial charge in [0.05, 0.1) is 5.39 Å². The molecule has 0 saturated carbocycles. The highest BCUT2D eigenvalue weighted by atomic mass is 16.2. The average molecular weight is 462 g/mol. The number of likely N-dealkylation sites (tertiary alicyclic amines) is 1. The second-order valence-corrected chi connectivity index (χ2v) is 9.89. The van der Waals surface area contributed by atoms with Crippen molar-refractivity contribution in [3.63, 3.8) is 0 Å². The Morgan fingerprint density at radius 1 is 1.06 bits per heavy atom. The van der Waals surface area contributed by atoms with Gasteiger partial charge < -0.3 is 20.1 Å². The quantitative estimate of drug-likeness (QED) is 0.643. The van der Waals surface area contributed by atoms with Crippen LogP contribution in [0.25, 0.3) is 22.2 Å². The highest BCUT2D eigenvalue weighted by Crippen LogP contribution is 2.42. The lowest BCUT2D eigenvalue weighted by molar-refractivity contribution is -0.127. The van der Waals surface area contributed by atoms with Gasteiger partial charge in [-0.2, -0.15) is 0 Å². The van der Waals surface area contributed by atoms with E-state index in [-0.39, 0.29) is 11.8 Å². The zero-order valence-corrected chi connectivity index (χ0v) is 20.7. The third-order valence-electron chi connectivity index (χ3n) is 7.63. The lowest BCUT2D eigenvalue weighted by atomic mass is 9.94. The van der Waals surface area contributed by atoms with E-state index in [1.807, 2.05) is 11.9 Å². The number of benzene rings is 1. The monoisotopic (exact) mass is 461 g/mol. The molecule has 2 fully saturated rings. The molecule has 0 spiro atoms. The maximum Gasteiger partial charge on any atom is 0.219 e. The van der Waals surface area contributed by atoms with Crippen molar-refractivity contribution < 1.29 is 4.79 Å². The molecule has 2 saturated heterocycles. The van der Waals surface area contributed by atoms with E-state index in [0.29, 0.717) is 11.9 Å². The van der Waals surface area contributed by atoms with Gasteiger partial charge in [-0.05, 0) is 38.0 Å². The minimum absolute atomic E-state index is 0.129. The number of piperazine rings is 1. The Kier molecular flexibility index (Phi) is 5.93. The predicted octanol–water partition coefficient (Wildman–Crippen LogP) is 3.08. The Morgan fingerprint density at radius 3 is 2.38 bits per heavy atom. The van der Waals surface area contributed by atoms with E-state index < -0.39 is 0 Å². The Bertz CT molecular complexity index is 1190. The van der Waals surface area contributed by atoms with Crippen molar-refractivity contribution in [2.75, 3.05) is 49.9 Å². The fourth-order valence-corrected chi connectivity index (χ4v) is 5.67. The minimum Gasteiger partial charge on any atom is -0.383 e. The summed E-state index contributed by atoms with van der Waals surface area (Å²) < 4.78 is 2.15. The van der Waals surface area contributed by atoms with Crippen molar-refractivity contribution >= 4 is 28.4 Å². The minimum atomic E-state index is 0.129. The third kappa shape index (κ3) is 3.90. The van der Waals surface area contributed by atoms with Gasteiger partial charge in [-0.25, -0.2) is 9.97 Å². The lowest BCUT2D eigenvalue weighted by Gasteiger charge is -2.38. The fraction of sp³-hybridized carbons (Fsp3) is 0.500. The van der Waals surface area contributed by atoms with Crippen LogP contribution in [0.3, 0.4) is 0 Å². The Labute approximate surface area is 201 Å². The first-order valence-electron chi connectivity index (χ1n) is 12.3. The first-order valence-corrected chi connectivity index (χ1v) is 12.3. The summed E-state index contributed by atoms with van der Waals surface area (Å²) in [6, 6.07) is 9.44. The summed E-state index contributed by atoms with van der Waals surface area (Å²) in [5, 5.41) is 0.902. The topological polar surface area (TPSA) is 83.5 Å². The van der Waals surface area contributed by atoms with E-state index in [0.717, 1.165) is 67.8 Å². The molecule has 4 heterocycles. The van der Waals surface area contributed by atoms with Gasteiger partial charge in [0, 0.05) is 82.1 Å². The van der Waals surface area contributed by atoms with Crippen LogP contribution >= 0.6 is 0 Å². The molecule has 0 bridgehead atoms. The van der Waals surface area contributed by atoms with Gasteiger partial charge in [-0.1, -0.05) is 12.1 Å². The summed E-state index contributed by atoms with van der Waals surface area (Å²) in [7, 11) is 2.05. The standard InChI is InChI=1S/C26H35N7O/c1-17(2)31-11-13-32(14-12-31)21-7-5-19(6-8-21)22-23-25(27)28-16-29-26(23)30(4)24(22)20-9-10-33(15-20)18(3)34/h5-8,16-17,20H,9-15H2,1-4H3,(H2,27,28,29). The van der Waals surface area contributed by atoms with Crippen molar-refractivity contribution in [1.29, 1.82) is 0 Å². The molecule has 1 unspecified atom stereocenters. The number of fused-ring (bicyclic) bond motifs is 1. The van der Waals surface area contributed by atoms with E-state index in [1.165, 1.54) is 17.7 Å². The van der Waals surface area contributed by atoms with Crippen molar-refractivity contribution in [1.82, 2.24) is 24.3 Å². The number of carbonyl (C=O) groups is 1. The van der Waals surface area contributed by atoms with Crippen LogP contribution in [-0.4, -0.2) is 75.6 Å². The molecule has 2 aromatic heterocycles. The fourth-order valence-electron chi connectivity index (χ4n) is 5.67. The molecule has 1 amide bonds. The number of nitrogens with zero attached hydrogens (tertiary/aromatic N) is 6. The predicted molar refractivity (Wildman–Crippen MR) is 137 cm³/mol. The number of hydrogen-bond acceptors (Lipinski definition) is 6. The first-order chi connectivity index (χ1) is 16.3. The molecule has 3 aromatic rings. The number of aryl methyl sites for hydroxylation is 1. The first kappa shape index (κ1) is 22.7. The van der Waals surface area contributed by atoms with Crippen LogP contribution in [0.2, 0.25) is 0 Å². The number of anilines is 2. The van der Waals surface area contributed by atoms with Crippen LogP contribution in [0.15, 0.2) is 30.6 Å². The smallest absolute Gasteiger partial charge is 0.219 e. The van der Waals surface area contributed by atoms with Gasteiger partial charge in [0.2, 0.25) is 5.91 Å². The van der Waals surface area contributed by atoms with Crippen LogP contribution in [0.1, 0.15) is 38.8 Å². The normalized spacial score (nSPS) is 19.5. The van der Waals surface area contributed by atoms with Crippen LogP contribution in [0, 0.1) is 0 Å². The van der Waals surface area contributed by atoms with Crippen molar-refractivity contribution in [2.24, 2.45) is 7.05 Å². The van der Waals surface area contributed by atoms with Crippen molar-refractivity contribution in [3.8, 4) is 11.1 Å². The molecule has 1 atom stereocenters. The summed E-state index contributed by atoms with van der Waals surface area (Å²) in [4.78, 5) is 27.8.